The Labute approximate surface area is 106 Å². The zero-order valence-electron chi connectivity index (χ0n) is 10.5. The minimum absolute atomic E-state index is 0.399. The molecule has 0 aliphatic carbocycles. The van der Waals surface area contributed by atoms with Gasteiger partial charge >= 0.3 is 0 Å². The van der Waals surface area contributed by atoms with E-state index in [1.807, 2.05) is 4.90 Å². The largest absolute Gasteiger partial charge is 0.384 e. The van der Waals surface area contributed by atoms with Gasteiger partial charge in [0, 0.05) is 19.0 Å². The van der Waals surface area contributed by atoms with Gasteiger partial charge in [0.2, 0.25) is 0 Å². The van der Waals surface area contributed by atoms with E-state index in [1.54, 1.807) is 6.07 Å². The van der Waals surface area contributed by atoms with Gasteiger partial charge in [-0.15, -0.1) is 0 Å². The maximum absolute atomic E-state index is 8.89. The van der Waals surface area contributed by atoms with Crippen LogP contribution in [0.3, 0.4) is 0 Å². The first kappa shape index (κ1) is 12.6. The fraction of sp³-hybridized carbons (Fsp3) is 0.583. The van der Waals surface area contributed by atoms with Crippen LogP contribution in [0.2, 0.25) is 0 Å². The molecular weight excluding hydrogens is 230 g/mol. The minimum atomic E-state index is -0.399. The molecule has 18 heavy (non-hydrogen) atoms. The van der Waals surface area contributed by atoms with Crippen LogP contribution in [0.4, 0.5) is 11.6 Å². The predicted molar refractivity (Wildman–Crippen MR) is 68.0 cm³/mol. The van der Waals surface area contributed by atoms with Crippen molar-refractivity contribution in [1.82, 2.24) is 9.97 Å². The molecule has 0 bridgehead atoms. The highest BCUT2D eigenvalue weighted by Crippen LogP contribution is 2.17. The molecule has 1 unspecified atom stereocenters. The second kappa shape index (κ2) is 5.65. The molecule has 1 aromatic heterocycles. The average molecular weight is 247 g/mol. The van der Waals surface area contributed by atoms with Crippen LogP contribution in [0.1, 0.15) is 19.2 Å². The quantitative estimate of drug-likeness (QED) is 0.847. The van der Waals surface area contributed by atoms with Crippen LogP contribution in [-0.2, 0) is 11.2 Å². The van der Waals surface area contributed by atoms with Crippen LogP contribution in [-0.4, -0.2) is 35.8 Å². The Balaban J connectivity index is 2.19. The fourth-order valence-electron chi connectivity index (χ4n) is 1.94. The van der Waals surface area contributed by atoms with Crippen molar-refractivity contribution in [1.29, 1.82) is 5.26 Å². The molecule has 0 spiro atoms. The Morgan fingerprint density at radius 2 is 2.44 bits per heavy atom. The Morgan fingerprint density at radius 1 is 1.61 bits per heavy atom. The summed E-state index contributed by atoms with van der Waals surface area (Å²) >= 11 is 0. The van der Waals surface area contributed by atoms with E-state index < -0.39 is 6.10 Å². The number of nitriles is 1. The van der Waals surface area contributed by atoms with E-state index in [0.717, 1.165) is 31.0 Å². The molecule has 0 aromatic carbocycles. The van der Waals surface area contributed by atoms with Gasteiger partial charge in [0.25, 0.3) is 0 Å². The van der Waals surface area contributed by atoms with E-state index in [1.165, 1.54) is 0 Å². The number of aromatic nitrogens is 2. The van der Waals surface area contributed by atoms with Crippen molar-refractivity contribution in [2.45, 2.75) is 25.9 Å². The van der Waals surface area contributed by atoms with Crippen molar-refractivity contribution in [2.24, 2.45) is 0 Å². The molecular formula is C12H17N5O. The molecule has 2 rings (SSSR count). The third kappa shape index (κ3) is 2.87. The molecule has 1 aliphatic heterocycles. The summed E-state index contributed by atoms with van der Waals surface area (Å²) in [5.74, 6) is 2.02. The number of ether oxygens (including phenoxy) is 1. The summed E-state index contributed by atoms with van der Waals surface area (Å²) in [4.78, 5) is 10.7. The first-order valence-corrected chi connectivity index (χ1v) is 6.12. The van der Waals surface area contributed by atoms with Crippen LogP contribution in [0.5, 0.6) is 0 Å². The Hall–Kier alpha value is -1.87. The summed E-state index contributed by atoms with van der Waals surface area (Å²) in [6.07, 6.45) is 1.39. The number of rotatable bonds is 3. The first-order chi connectivity index (χ1) is 8.72. The van der Waals surface area contributed by atoms with E-state index >= 15 is 0 Å². The molecule has 2 N–H and O–H groups in total. The molecule has 0 radical (unpaired) electrons. The van der Waals surface area contributed by atoms with Gasteiger partial charge in [0.15, 0.2) is 6.10 Å². The summed E-state index contributed by atoms with van der Waals surface area (Å²) < 4.78 is 5.31. The molecule has 1 saturated heterocycles. The van der Waals surface area contributed by atoms with Gasteiger partial charge in [-0.05, 0) is 6.42 Å². The van der Waals surface area contributed by atoms with E-state index in [4.69, 9.17) is 15.7 Å². The van der Waals surface area contributed by atoms with E-state index in [2.05, 4.69) is 23.0 Å². The molecule has 0 saturated carbocycles. The summed E-state index contributed by atoms with van der Waals surface area (Å²) in [7, 11) is 0. The van der Waals surface area contributed by atoms with Gasteiger partial charge in [0.1, 0.15) is 17.5 Å². The van der Waals surface area contributed by atoms with Crippen LogP contribution in [0.15, 0.2) is 6.07 Å². The number of nitrogen functional groups attached to an aromatic ring is 1. The van der Waals surface area contributed by atoms with Crippen molar-refractivity contribution in [3.05, 3.63) is 11.9 Å². The van der Waals surface area contributed by atoms with Gasteiger partial charge in [-0.2, -0.15) is 5.26 Å². The average Bonchev–Trinajstić information content (AvgIpc) is 2.38. The zero-order chi connectivity index (χ0) is 13.0. The molecule has 96 valence electrons. The van der Waals surface area contributed by atoms with Crippen molar-refractivity contribution in [3.63, 3.8) is 0 Å². The number of nitrogens with two attached hydrogens (primary N) is 1. The molecule has 6 nitrogen and oxygen atoms in total. The third-order valence-electron chi connectivity index (χ3n) is 2.79. The molecule has 1 aliphatic rings. The lowest BCUT2D eigenvalue weighted by Gasteiger charge is -2.30. The van der Waals surface area contributed by atoms with Crippen molar-refractivity contribution >= 4 is 11.6 Å². The minimum Gasteiger partial charge on any atom is -0.384 e. The van der Waals surface area contributed by atoms with Crippen molar-refractivity contribution in [3.8, 4) is 6.07 Å². The van der Waals surface area contributed by atoms with Gasteiger partial charge in [-0.25, -0.2) is 9.97 Å². The standard InChI is InChI=1S/C12H17N5O/c1-2-3-11-15-10(14)6-12(16-11)17-4-5-18-9(7-13)8-17/h6,9H,2-5,8H2,1H3,(H2,14,15,16). The van der Waals surface area contributed by atoms with E-state index in [9.17, 15) is 0 Å². The van der Waals surface area contributed by atoms with Gasteiger partial charge in [-0.3, -0.25) is 0 Å². The Bertz CT molecular complexity index is 456. The van der Waals surface area contributed by atoms with Crippen LogP contribution >= 0.6 is 0 Å². The molecule has 1 aromatic rings. The molecule has 1 fully saturated rings. The summed E-state index contributed by atoms with van der Waals surface area (Å²) in [6.45, 7) is 3.86. The van der Waals surface area contributed by atoms with E-state index in [0.29, 0.717) is 19.0 Å². The van der Waals surface area contributed by atoms with Crippen LogP contribution < -0.4 is 10.6 Å². The SMILES string of the molecule is CCCc1nc(N)cc(N2CCOC(C#N)C2)n1. The zero-order valence-corrected chi connectivity index (χ0v) is 10.5. The smallest absolute Gasteiger partial charge is 0.161 e. The lowest BCUT2D eigenvalue weighted by Crippen LogP contribution is -2.42. The fourth-order valence-corrected chi connectivity index (χ4v) is 1.94. The highest BCUT2D eigenvalue weighted by molar-refractivity contribution is 5.47. The Kier molecular flexibility index (Phi) is 3.95. The molecule has 2 heterocycles. The molecule has 1 atom stereocenters. The number of aryl methyl sites for hydroxylation is 1. The Morgan fingerprint density at radius 3 is 3.17 bits per heavy atom. The van der Waals surface area contributed by atoms with Gasteiger partial charge < -0.3 is 15.4 Å². The van der Waals surface area contributed by atoms with E-state index in [-0.39, 0.29) is 0 Å². The summed E-state index contributed by atoms with van der Waals surface area (Å²) in [5, 5.41) is 8.89. The first-order valence-electron chi connectivity index (χ1n) is 6.12. The number of morpholine rings is 1. The molecule has 0 amide bonds. The van der Waals surface area contributed by atoms with Crippen molar-refractivity contribution in [2.75, 3.05) is 30.3 Å². The maximum atomic E-state index is 8.89. The normalized spacial score (nSPS) is 19.6. The van der Waals surface area contributed by atoms with Crippen molar-refractivity contribution < 1.29 is 4.74 Å². The van der Waals surface area contributed by atoms with Crippen LogP contribution in [0, 0.1) is 11.3 Å². The van der Waals surface area contributed by atoms with Gasteiger partial charge in [0.05, 0.1) is 19.2 Å². The number of nitrogens with zero attached hydrogens (tertiary/aromatic N) is 4. The number of hydrogen-bond acceptors (Lipinski definition) is 6. The van der Waals surface area contributed by atoms with Gasteiger partial charge in [-0.1, -0.05) is 6.92 Å². The maximum Gasteiger partial charge on any atom is 0.161 e. The second-order valence-electron chi connectivity index (χ2n) is 4.25. The third-order valence-corrected chi connectivity index (χ3v) is 2.79. The summed E-state index contributed by atoms with van der Waals surface area (Å²) in [5.41, 5.74) is 5.79. The topological polar surface area (TPSA) is 88.1 Å². The number of anilines is 2. The number of hydrogen-bond donors (Lipinski definition) is 1. The molecule has 6 heteroatoms. The predicted octanol–water partition coefficient (Wildman–Crippen LogP) is 0.740. The summed E-state index contributed by atoms with van der Waals surface area (Å²) in [6, 6.07) is 3.87. The lowest BCUT2D eigenvalue weighted by atomic mass is 10.2. The van der Waals surface area contributed by atoms with Crippen LogP contribution in [0.25, 0.3) is 0 Å². The monoisotopic (exact) mass is 247 g/mol. The lowest BCUT2D eigenvalue weighted by molar-refractivity contribution is 0.0761. The highest BCUT2D eigenvalue weighted by Gasteiger charge is 2.21. The second-order valence-corrected chi connectivity index (χ2v) is 4.25. The highest BCUT2D eigenvalue weighted by atomic mass is 16.5.